The summed E-state index contributed by atoms with van der Waals surface area (Å²) in [5.41, 5.74) is -0.904. The summed E-state index contributed by atoms with van der Waals surface area (Å²) >= 11 is 0. The van der Waals surface area contributed by atoms with E-state index in [1.165, 1.54) is 0 Å². The molecule has 0 aromatic carbocycles. The number of aliphatic hydroxyl groups is 2. The van der Waals surface area contributed by atoms with Crippen molar-refractivity contribution in [1.82, 2.24) is 0 Å². The standard InChI is InChI=1S/C7H6N4O2/c8-10-3-5(12)7(1-2-7)6(13)4-11-9/h3-4H,1-2H2/p+2. The molecule has 1 rings (SSSR count). The molecule has 0 atom stereocenters. The van der Waals surface area contributed by atoms with Crippen molar-refractivity contribution >= 4 is 0 Å². The highest BCUT2D eigenvalue weighted by Gasteiger charge is 2.54. The first-order valence-corrected chi connectivity index (χ1v) is 3.65. The number of hydrogen-bond acceptors (Lipinski definition) is 4. The number of hydrogen-bond donors (Lipinski definition) is 2. The Balaban J connectivity index is 2.93. The van der Waals surface area contributed by atoms with Gasteiger partial charge < -0.3 is 10.2 Å². The second-order valence-electron chi connectivity index (χ2n) is 2.84. The van der Waals surface area contributed by atoms with Gasteiger partial charge in [-0.05, 0) is 12.8 Å². The third-order valence-electron chi connectivity index (χ3n) is 2.09. The molecule has 0 bridgehead atoms. The Morgan fingerprint density at radius 2 is 1.46 bits per heavy atom. The van der Waals surface area contributed by atoms with Gasteiger partial charge in [0.25, 0.3) is 0 Å². The number of rotatable bonds is 2. The largest absolute Gasteiger partial charge is 0.505 e. The van der Waals surface area contributed by atoms with Crippen LogP contribution in [0.5, 0.6) is 0 Å². The maximum atomic E-state index is 9.32. The van der Waals surface area contributed by atoms with E-state index < -0.39 is 5.41 Å². The number of aliphatic hydroxyl groups excluding tert-OH is 2. The third-order valence-corrected chi connectivity index (χ3v) is 2.09. The van der Waals surface area contributed by atoms with E-state index in [4.69, 9.17) is 10.8 Å². The van der Waals surface area contributed by atoms with Crippen LogP contribution in [0.25, 0.3) is 9.95 Å². The van der Waals surface area contributed by atoms with Gasteiger partial charge in [0, 0.05) is 0 Å². The van der Waals surface area contributed by atoms with Crippen LogP contribution in [0.3, 0.4) is 0 Å². The van der Waals surface area contributed by atoms with E-state index in [1.807, 2.05) is 0 Å². The monoisotopic (exact) mass is 180 g/mol. The van der Waals surface area contributed by atoms with Crippen LogP contribution in [0, 0.1) is 16.2 Å². The zero-order chi connectivity index (χ0) is 9.90. The summed E-state index contributed by atoms with van der Waals surface area (Å²) in [5.74, 6) is -0.486. The van der Waals surface area contributed by atoms with Gasteiger partial charge in [0.05, 0.1) is 5.41 Å². The van der Waals surface area contributed by atoms with Gasteiger partial charge in [-0.25, -0.2) is 0 Å². The van der Waals surface area contributed by atoms with Crippen molar-refractivity contribution in [3.63, 3.8) is 0 Å². The van der Waals surface area contributed by atoms with E-state index in [0.29, 0.717) is 12.8 Å². The Hall–Kier alpha value is -2.08. The average molecular weight is 180 g/mol. The first-order chi connectivity index (χ1) is 6.17. The molecule has 2 N–H and O–H groups in total. The van der Waals surface area contributed by atoms with Crippen molar-refractivity contribution in [2.45, 2.75) is 12.8 Å². The minimum absolute atomic E-state index is 0.243. The summed E-state index contributed by atoms with van der Waals surface area (Å²) in [6, 6.07) is 0. The van der Waals surface area contributed by atoms with Crippen molar-refractivity contribution in [2.75, 3.05) is 0 Å². The molecule has 0 saturated heterocycles. The zero-order valence-corrected chi connectivity index (χ0v) is 6.75. The lowest BCUT2D eigenvalue weighted by molar-refractivity contribution is 0.265. The smallest absolute Gasteiger partial charge is 0.388 e. The van der Waals surface area contributed by atoms with Crippen LogP contribution in [0.4, 0.5) is 0 Å². The molecule has 0 unspecified atom stereocenters. The van der Waals surface area contributed by atoms with E-state index in [0.717, 1.165) is 12.4 Å². The third kappa shape index (κ3) is 1.42. The summed E-state index contributed by atoms with van der Waals surface area (Å²) in [7, 11) is 0. The van der Waals surface area contributed by atoms with Crippen LogP contribution >= 0.6 is 0 Å². The van der Waals surface area contributed by atoms with Gasteiger partial charge in [-0.15, -0.1) is 0 Å². The minimum atomic E-state index is -0.904. The first kappa shape index (κ1) is 9.01. The molecule has 1 aliphatic rings. The molecule has 0 spiro atoms. The Labute approximate surface area is 74.1 Å². The van der Waals surface area contributed by atoms with E-state index in [1.54, 1.807) is 0 Å². The summed E-state index contributed by atoms with van der Waals surface area (Å²) in [5, 5.41) is 34.9. The molecular formula is C7H8N4O2+2. The maximum Gasteiger partial charge on any atom is 0.388 e. The lowest BCUT2D eigenvalue weighted by Gasteiger charge is -2.05. The highest BCUT2D eigenvalue weighted by atomic mass is 16.3. The van der Waals surface area contributed by atoms with Crippen molar-refractivity contribution in [3.8, 4) is 0 Å². The van der Waals surface area contributed by atoms with Gasteiger partial charge in [0.2, 0.25) is 10.8 Å². The molecule has 66 valence electrons. The second kappa shape index (κ2) is 3.11. The zero-order valence-electron chi connectivity index (χ0n) is 6.75. The van der Waals surface area contributed by atoms with Gasteiger partial charge >= 0.3 is 12.4 Å². The molecule has 0 radical (unpaired) electrons. The predicted molar refractivity (Wildman–Crippen MR) is 43.3 cm³/mol. The molecule has 0 heterocycles. The summed E-state index contributed by atoms with van der Waals surface area (Å²) in [6.45, 7) is 0. The number of nitrogens with zero attached hydrogens (tertiary/aromatic N) is 4. The highest BCUT2D eigenvalue weighted by molar-refractivity contribution is 5.30. The van der Waals surface area contributed by atoms with Gasteiger partial charge in [-0.1, -0.05) is 0 Å². The molecule has 0 amide bonds. The summed E-state index contributed by atoms with van der Waals surface area (Å²) in [4.78, 5) is 5.28. The van der Waals surface area contributed by atoms with Crippen molar-refractivity contribution < 1.29 is 10.2 Å². The topological polar surface area (TPSA) is 96.8 Å². The van der Waals surface area contributed by atoms with Crippen LogP contribution in [0.1, 0.15) is 12.8 Å². The van der Waals surface area contributed by atoms with Crippen LogP contribution in [0.2, 0.25) is 0 Å². The lowest BCUT2D eigenvalue weighted by atomic mass is 10.0. The molecule has 6 heteroatoms. The average Bonchev–Trinajstić information content (AvgIpc) is 2.85. The molecule has 6 nitrogen and oxygen atoms in total. The van der Waals surface area contributed by atoms with Gasteiger partial charge in [-0.2, -0.15) is 0 Å². The Morgan fingerprint density at radius 1 is 1.08 bits per heavy atom. The fraction of sp³-hybridized carbons (Fsp3) is 0.429. The fourth-order valence-corrected chi connectivity index (χ4v) is 1.12. The van der Waals surface area contributed by atoms with E-state index in [9.17, 15) is 10.2 Å². The first-order valence-electron chi connectivity index (χ1n) is 3.65. The highest BCUT2D eigenvalue weighted by Crippen LogP contribution is 2.55. The van der Waals surface area contributed by atoms with Crippen LogP contribution in [0.15, 0.2) is 23.9 Å². The van der Waals surface area contributed by atoms with E-state index in [-0.39, 0.29) is 11.5 Å². The van der Waals surface area contributed by atoms with Crippen molar-refractivity contribution in [3.05, 3.63) is 33.9 Å². The van der Waals surface area contributed by atoms with Gasteiger partial charge in [0.15, 0.2) is 21.5 Å². The number of diazo groups is 2. The Bertz CT molecular complexity index is 322. The minimum Gasteiger partial charge on any atom is -0.505 e. The normalized spacial score (nSPS) is 20.2. The maximum absolute atomic E-state index is 9.32. The second-order valence-corrected chi connectivity index (χ2v) is 2.84. The van der Waals surface area contributed by atoms with Crippen LogP contribution < -0.4 is 0 Å². The molecule has 1 aliphatic carbocycles. The lowest BCUT2D eigenvalue weighted by Crippen LogP contribution is -2.07. The van der Waals surface area contributed by atoms with Crippen molar-refractivity contribution in [1.29, 1.82) is 10.8 Å². The Morgan fingerprint density at radius 3 is 1.69 bits per heavy atom. The van der Waals surface area contributed by atoms with Gasteiger partial charge in [0.1, 0.15) is 0 Å². The predicted octanol–water partition coefficient (Wildman–Crippen LogP) is 2.27. The molecule has 0 aromatic rings. The molecule has 1 fully saturated rings. The molecule has 13 heavy (non-hydrogen) atoms. The SMILES string of the molecule is N#[N+]C=C(O)C1(C(O)=C[N+]#N)CC1. The quantitative estimate of drug-likeness (QED) is 0.503. The van der Waals surface area contributed by atoms with E-state index in [2.05, 4.69) is 9.95 Å². The summed E-state index contributed by atoms with van der Waals surface area (Å²) < 4.78 is 0. The van der Waals surface area contributed by atoms with Crippen LogP contribution in [-0.4, -0.2) is 10.2 Å². The summed E-state index contributed by atoms with van der Waals surface area (Å²) in [6.07, 6.45) is 2.74. The van der Waals surface area contributed by atoms with E-state index >= 15 is 0 Å². The Kier molecular flexibility index (Phi) is 2.16. The molecule has 0 aromatic heterocycles. The van der Waals surface area contributed by atoms with Gasteiger partial charge in [-0.3, -0.25) is 0 Å². The fourth-order valence-electron chi connectivity index (χ4n) is 1.12. The van der Waals surface area contributed by atoms with Crippen LogP contribution in [-0.2, 0) is 0 Å². The molecule has 1 saturated carbocycles. The van der Waals surface area contributed by atoms with Crippen molar-refractivity contribution in [2.24, 2.45) is 5.41 Å². The molecule has 0 aliphatic heterocycles. The molecular weight excluding hydrogens is 172 g/mol.